The summed E-state index contributed by atoms with van der Waals surface area (Å²) in [4.78, 5) is 23.1. The van der Waals surface area contributed by atoms with E-state index in [0.29, 0.717) is 0 Å². The molecule has 1 N–H and O–H groups in total. The minimum absolute atomic E-state index is 0.0327. The Hall–Kier alpha value is -1.38. The number of carbonyl (C=O) groups excluding carboxylic acids is 1. The van der Waals surface area contributed by atoms with Gasteiger partial charge in [0.1, 0.15) is 0 Å². The molecule has 0 aromatic rings. The Kier molecular flexibility index (Phi) is 4.14. The van der Waals surface area contributed by atoms with Gasteiger partial charge < -0.3 is 5.11 Å². The van der Waals surface area contributed by atoms with Crippen LogP contribution in [-0.4, -0.2) is 16.9 Å². The van der Waals surface area contributed by atoms with Crippen LogP contribution in [-0.2, 0) is 9.59 Å². The molecular weight excluding hydrogens is 264 g/mol. The Labute approximate surface area is 127 Å². The van der Waals surface area contributed by atoms with Crippen LogP contribution in [0.15, 0.2) is 24.3 Å². The molecule has 2 aliphatic carbocycles. The molecule has 0 saturated heterocycles. The molecule has 0 heterocycles. The van der Waals surface area contributed by atoms with Crippen LogP contribution in [0.25, 0.3) is 0 Å². The first-order valence-corrected chi connectivity index (χ1v) is 7.81. The van der Waals surface area contributed by atoms with E-state index in [4.69, 9.17) is 0 Å². The summed E-state index contributed by atoms with van der Waals surface area (Å²) in [5.74, 6) is -0.395. The highest BCUT2D eigenvalue weighted by Gasteiger charge is 2.56. The summed E-state index contributed by atoms with van der Waals surface area (Å²) >= 11 is 0. The fourth-order valence-electron chi connectivity index (χ4n) is 4.73. The monoisotopic (exact) mass is 290 g/mol. The number of carboxylic acid groups (broad SMARTS) is 1. The number of ketones is 1. The number of carbonyl (C=O) groups is 2. The lowest BCUT2D eigenvalue weighted by Crippen LogP contribution is -2.53. The third-order valence-corrected chi connectivity index (χ3v) is 5.89. The lowest BCUT2D eigenvalue weighted by molar-refractivity contribution is -0.163. The van der Waals surface area contributed by atoms with Crippen molar-refractivity contribution in [1.82, 2.24) is 0 Å². The summed E-state index contributed by atoms with van der Waals surface area (Å²) in [7, 11) is 0. The summed E-state index contributed by atoms with van der Waals surface area (Å²) in [6, 6.07) is 0. The number of aliphatic carboxylic acids is 1. The van der Waals surface area contributed by atoms with Crippen LogP contribution in [0.1, 0.15) is 52.9 Å². The van der Waals surface area contributed by atoms with Crippen molar-refractivity contribution in [1.29, 1.82) is 0 Å². The Morgan fingerprint density at radius 3 is 2.57 bits per heavy atom. The molecule has 0 bridgehead atoms. The quantitative estimate of drug-likeness (QED) is 0.631. The molecule has 0 aliphatic heterocycles. The van der Waals surface area contributed by atoms with Gasteiger partial charge in [-0.15, -0.1) is 0 Å². The van der Waals surface area contributed by atoms with Crippen LogP contribution in [0, 0.1) is 22.7 Å². The molecule has 0 unspecified atom stereocenters. The highest BCUT2D eigenvalue weighted by Crippen LogP contribution is 2.61. The third kappa shape index (κ3) is 2.58. The summed E-state index contributed by atoms with van der Waals surface area (Å²) in [5, 5.41) is 9.73. The highest BCUT2D eigenvalue weighted by atomic mass is 16.4. The Morgan fingerprint density at radius 2 is 2.00 bits per heavy atom. The van der Waals surface area contributed by atoms with Crippen molar-refractivity contribution in [2.75, 3.05) is 0 Å². The average Bonchev–Trinajstić information content (AvgIpc) is 2.36. The van der Waals surface area contributed by atoms with Gasteiger partial charge in [0, 0.05) is 5.92 Å². The second-order valence-corrected chi connectivity index (χ2v) is 7.28. The fourth-order valence-corrected chi connectivity index (χ4v) is 4.73. The van der Waals surface area contributed by atoms with Crippen molar-refractivity contribution in [2.24, 2.45) is 22.7 Å². The molecule has 21 heavy (non-hydrogen) atoms. The first kappa shape index (κ1) is 16.0. The summed E-state index contributed by atoms with van der Waals surface area (Å²) in [6.45, 7) is 9.83. The fraction of sp³-hybridized carbons (Fsp3) is 0.667. The number of carboxylic acids is 1. The van der Waals surface area contributed by atoms with Gasteiger partial charge in [-0.1, -0.05) is 31.6 Å². The summed E-state index contributed by atoms with van der Waals surface area (Å²) < 4.78 is 0. The highest BCUT2D eigenvalue weighted by molar-refractivity contribution is 5.87. The standard InChI is InChI=1S/C18H26O3/c1-12-6-9-15-17(3,14(12)8-7-13(2)19)10-5-11-18(15,4)16(20)21/h7-8,14-15H,1,5-6,9-11H2,2-4H3,(H,20,21)/b8-7+/t14-,15+,17-,18-/m0/s1. The second-order valence-electron chi connectivity index (χ2n) is 7.28. The Bertz CT molecular complexity index is 505. The van der Waals surface area contributed by atoms with Gasteiger partial charge in [0.2, 0.25) is 0 Å². The maximum absolute atomic E-state index is 11.8. The minimum atomic E-state index is -0.680. The van der Waals surface area contributed by atoms with Crippen molar-refractivity contribution < 1.29 is 14.7 Å². The third-order valence-electron chi connectivity index (χ3n) is 5.89. The minimum Gasteiger partial charge on any atom is -0.481 e. The van der Waals surface area contributed by atoms with Gasteiger partial charge in [-0.2, -0.15) is 0 Å². The molecule has 3 heteroatoms. The van der Waals surface area contributed by atoms with E-state index in [1.807, 2.05) is 13.0 Å². The molecular formula is C18H26O3. The van der Waals surface area contributed by atoms with E-state index in [1.165, 1.54) is 0 Å². The SMILES string of the molecule is C=C1CC[C@@H]2[C@@](C)(CCC[C@]2(C)C(=O)O)[C@H]1/C=C/C(C)=O. The molecule has 3 nitrogen and oxygen atoms in total. The summed E-state index contributed by atoms with van der Waals surface area (Å²) in [6.07, 6.45) is 8.01. The Balaban J connectivity index is 2.42. The maximum Gasteiger partial charge on any atom is 0.309 e. The Morgan fingerprint density at radius 1 is 1.33 bits per heavy atom. The van der Waals surface area contributed by atoms with Crippen LogP contribution in [0.2, 0.25) is 0 Å². The second kappa shape index (κ2) is 5.43. The van der Waals surface area contributed by atoms with E-state index >= 15 is 0 Å². The zero-order chi connectivity index (χ0) is 15.8. The topological polar surface area (TPSA) is 54.4 Å². The molecule has 2 aliphatic rings. The number of fused-ring (bicyclic) bond motifs is 1. The molecule has 116 valence electrons. The van der Waals surface area contributed by atoms with E-state index in [0.717, 1.165) is 37.7 Å². The normalized spacial score (nSPS) is 40.0. The molecule has 0 aromatic carbocycles. The molecule has 2 saturated carbocycles. The van der Waals surface area contributed by atoms with E-state index in [9.17, 15) is 14.7 Å². The molecule has 0 amide bonds. The van der Waals surface area contributed by atoms with Gasteiger partial charge in [-0.25, -0.2) is 0 Å². The molecule has 2 rings (SSSR count). The van der Waals surface area contributed by atoms with Gasteiger partial charge in [-0.05, 0) is 56.9 Å². The van der Waals surface area contributed by atoms with E-state index in [2.05, 4.69) is 13.5 Å². The zero-order valence-electron chi connectivity index (χ0n) is 13.3. The van der Waals surface area contributed by atoms with Gasteiger partial charge in [0.05, 0.1) is 5.41 Å². The van der Waals surface area contributed by atoms with Crippen LogP contribution < -0.4 is 0 Å². The lowest BCUT2D eigenvalue weighted by Gasteiger charge is -2.56. The number of hydrogen-bond acceptors (Lipinski definition) is 2. The van der Waals surface area contributed by atoms with Gasteiger partial charge in [0.15, 0.2) is 5.78 Å². The first-order valence-electron chi connectivity index (χ1n) is 7.81. The van der Waals surface area contributed by atoms with Crippen molar-refractivity contribution in [2.45, 2.75) is 52.9 Å². The predicted octanol–water partition coefficient (Wildman–Crippen LogP) is 4.00. The molecule has 0 spiro atoms. The number of allylic oxidation sites excluding steroid dienone is 3. The van der Waals surface area contributed by atoms with Crippen molar-refractivity contribution in [3.05, 3.63) is 24.3 Å². The molecule has 4 atom stereocenters. The smallest absolute Gasteiger partial charge is 0.309 e. The largest absolute Gasteiger partial charge is 0.481 e. The predicted molar refractivity (Wildman–Crippen MR) is 82.9 cm³/mol. The van der Waals surface area contributed by atoms with Crippen molar-refractivity contribution >= 4 is 11.8 Å². The first-order chi connectivity index (χ1) is 9.71. The number of hydrogen-bond donors (Lipinski definition) is 1. The van der Waals surface area contributed by atoms with Crippen molar-refractivity contribution in [3.63, 3.8) is 0 Å². The van der Waals surface area contributed by atoms with Gasteiger partial charge in [-0.3, -0.25) is 9.59 Å². The maximum atomic E-state index is 11.8. The van der Waals surface area contributed by atoms with Crippen molar-refractivity contribution in [3.8, 4) is 0 Å². The average molecular weight is 290 g/mol. The van der Waals surface area contributed by atoms with Crippen LogP contribution in [0.4, 0.5) is 0 Å². The van der Waals surface area contributed by atoms with E-state index in [1.54, 1.807) is 13.0 Å². The lowest BCUT2D eigenvalue weighted by atomic mass is 9.47. The number of rotatable bonds is 3. The van der Waals surface area contributed by atoms with Crippen LogP contribution >= 0.6 is 0 Å². The molecule has 0 radical (unpaired) electrons. The van der Waals surface area contributed by atoms with Crippen LogP contribution in [0.3, 0.4) is 0 Å². The van der Waals surface area contributed by atoms with Crippen LogP contribution in [0.5, 0.6) is 0 Å². The van der Waals surface area contributed by atoms with Gasteiger partial charge >= 0.3 is 5.97 Å². The zero-order valence-corrected chi connectivity index (χ0v) is 13.3. The van der Waals surface area contributed by atoms with E-state index < -0.39 is 11.4 Å². The molecule has 2 fully saturated rings. The van der Waals surface area contributed by atoms with Gasteiger partial charge in [0.25, 0.3) is 0 Å². The molecule has 0 aromatic heterocycles. The van der Waals surface area contributed by atoms with E-state index in [-0.39, 0.29) is 23.0 Å². The summed E-state index contributed by atoms with van der Waals surface area (Å²) in [5.41, 5.74) is 0.378.